The number of carboxylic acid groups (broad SMARTS) is 1. The number of anilines is 1. The number of aromatic nitrogens is 2. The number of rotatable bonds is 1. The van der Waals surface area contributed by atoms with Gasteiger partial charge < -0.3 is 15.0 Å². The lowest BCUT2D eigenvalue weighted by atomic mass is 9.72. The molecule has 1 aliphatic heterocycles. The zero-order valence-electron chi connectivity index (χ0n) is 13.3. The van der Waals surface area contributed by atoms with Crippen LogP contribution in [0.4, 0.5) is 10.5 Å². The van der Waals surface area contributed by atoms with E-state index in [0.29, 0.717) is 25.3 Å². The lowest BCUT2D eigenvalue weighted by Gasteiger charge is -2.54. The molecule has 1 atom stereocenters. The summed E-state index contributed by atoms with van der Waals surface area (Å²) in [5.74, 6) is 0. The van der Waals surface area contributed by atoms with Crippen LogP contribution >= 0.6 is 0 Å². The van der Waals surface area contributed by atoms with Crippen LogP contribution in [-0.2, 0) is 0 Å². The van der Waals surface area contributed by atoms with Crippen molar-refractivity contribution in [3.05, 3.63) is 27.0 Å². The van der Waals surface area contributed by atoms with Crippen molar-refractivity contribution in [1.29, 1.82) is 0 Å². The molecule has 0 aromatic carbocycles. The third-order valence-electron chi connectivity index (χ3n) is 4.68. The fraction of sp³-hybridized carbons (Fsp3) is 0.643. The fourth-order valence-electron chi connectivity index (χ4n) is 2.80. The van der Waals surface area contributed by atoms with Crippen LogP contribution in [0.1, 0.15) is 27.7 Å². The number of aromatic amines is 2. The van der Waals surface area contributed by atoms with Gasteiger partial charge in [0, 0.05) is 25.8 Å². The molecule has 2 rings (SSSR count). The molecule has 1 saturated heterocycles. The van der Waals surface area contributed by atoms with E-state index in [-0.39, 0.29) is 5.41 Å². The maximum absolute atomic E-state index is 12.0. The summed E-state index contributed by atoms with van der Waals surface area (Å²) >= 11 is 0. The van der Waals surface area contributed by atoms with E-state index in [1.165, 1.54) is 11.1 Å². The molecule has 2 heterocycles. The Labute approximate surface area is 127 Å². The highest BCUT2D eigenvalue weighted by molar-refractivity contribution is 5.67. The van der Waals surface area contributed by atoms with Crippen molar-refractivity contribution < 1.29 is 9.90 Å². The average molecular weight is 310 g/mol. The summed E-state index contributed by atoms with van der Waals surface area (Å²) in [6.45, 7) is 8.87. The second kappa shape index (κ2) is 5.19. The van der Waals surface area contributed by atoms with Crippen LogP contribution in [0.2, 0.25) is 0 Å². The Bertz CT molecular complexity index is 687. The minimum atomic E-state index is -0.965. The zero-order valence-corrected chi connectivity index (χ0v) is 13.3. The van der Waals surface area contributed by atoms with Gasteiger partial charge in [0.1, 0.15) is 5.69 Å². The van der Waals surface area contributed by atoms with Crippen LogP contribution in [0.25, 0.3) is 0 Å². The standard InChI is InChI=1S/C14H22N4O4/c1-13(2,3)14(4)8-17(5-6-18(14)12(21)22)9-7-15-11(20)16-10(9)19/h7H,5-6,8H2,1-4H3,(H,21,22)(H2,15,16,19,20)/t14-/m0/s1. The van der Waals surface area contributed by atoms with Gasteiger partial charge in [0.2, 0.25) is 0 Å². The van der Waals surface area contributed by atoms with Crippen molar-refractivity contribution >= 4 is 11.8 Å². The Balaban J connectivity index is 2.42. The van der Waals surface area contributed by atoms with E-state index >= 15 is 0 Å². The predicted octanol–water partition coefficient (Wildman–Crippen LogP) is 0.668. The molecule has 0 aliphatic carbocycles. The van der Waals surface area contributed by atoms with Crippen LogP contribution in [0, 0.1) is 5.41 Å². The molecule has 8 heteroatoms. The maximum Gasteiger partial charge on any atom is 0.407 e. The van der Waals surface area contributed by atoms with E-state index in [1.54, 1.807) is 0 Å². The minimum absolute atomic E-state index is 0.293. The van der Waals surface area contributed by atoms with Crippen LogP contribution in [0.5, 0.6) is 0 Å². The van der Waals surface area contributed by atoms with E-state index in [9.17, 15) is 19.5 Å². The Kier molecular flexibility index (Phi) is 3.80. The van der Waals surface area contributed by atoms with Gasteiger partial charge in [0.25, 0.3) is 5.56 Å². The summed E-state index contributed by atoms with van der Waals surface area (Å²) in [4.78, 5) is 42.6. The molecule has 1 aromatic heterocycles. The van der Waals surface area contributed by atoms with Crippen molar-refractivity contribution in [2.75, 3.05) is 24.5 Å². The molecule has 1 amide bonds. The SMILES string of the molecule is CC(C)(C)[C@]1(C)CN(c2c[nH]c(=O)[nH]c2=O)CCN1C(=O)O. The average Bonchev–Trinajstić information content (AvgIpc) is 2.36. The maximum atomic E-state index is 12.0. The Morgan fingerprint density at radius 2 is 1.95 bits per heavy atom. The number of H-pyrrole nitrogens is 2. The molecular formula is C14H22N4O4. The smallest absolute Gasteiger partial charge is 0.407 e. The first kappa shape index (κ1) is 16.1. The van der Waals surface area contributed by atoms with Gasteiger partial charge in [-0.05, 0) is 12.3 Å². The summed E-state index contributed by atoms with van der Waals surface area (Å²) in [5.41, 5.74) is -1.67. The molecule has 0 radical (unpaired) electrons. The van der Waals surface area contributed by atoms with Crippen molar-refractivity contribution in [2.24, 2.45) is 5.41 Å². The number of hydrogen-bond donors (Lipinski definition) is 3. The number of carbonyl (C=O) groups is 1. The lowest BCUT2D eigenvalue weighted by Crippen LogP contribution is -2.68. The van der Waals surface area contributed by atoms with Crippen molar-refractivity contribution in [2.45, 2.75) is 33.2 Å². The number of amides is 1. The molecule has 122 valence electrons. The van der Waals surface area contributed by atoms with E-state index in [0.717, 1.165) is 0 Å². The molecule has 1 fully saturated rings. The first-order valence-electron chi connectivity index (χ1n) is 7.14. The highest BCUT2D eigenvalue weighted by Crippen LogP contribution is 2.38. The van der Waals surface area contributed by atoms with Crippen molar-refractivity contribution in [1.82, 2.24) is 14.9 Å². The Morgan fingerprint density at radius 1 is 1.32 bits per heavy atom. The monoisotopic (exact) mass is 310 g/mol. The third-order valence-corrected chi connectivity index (χ3v) is 4.68. The molecule has 1 aliphatic rings. The molecule has 0 saturated carbocycles. The van der Waals surface area contributed by atoms with Crippen LogP contribution in [-0.4, -0.2) is 51.2 Å². The molecule has 0 spiro atoms. The van der Waals surface area contributed by atoms with E-state index in [1.807, 2.05) is 32.6 Å². The van der Waals surface area contributed by atoms with Gasteiger partial charge in [-0.3, -0.25) is 14.7 Å². The highest BCUT2D eigenvalue weighted by atomic mass is 16.4. The minimum Gasteiger partial charge on any atom is -0.465 e. The van der Waals surface area contributed by atoms with E-state index < -0.39 is 22.9 Å². The first-order chi connectivity index (χ1) is 10.1. The van der Waals surface area contributed by atoms with E-state index in [4.69, 9.17) is 0 Å². The largest absolute Gasteiger partial charge is 0.465 e. The van der Waals surface area contributed by atoms with Gasteiger partial charge in [0.05, 0.1) is 5.54 Å². The third kappa shape index (κ3) is 2.60. The number of nitrogens with one attached hydrogen (secondary N) is 2. The summed E-state index contributed by atoms with van der Waals surface area (Å²) in [6, 6.07) is 0. The van der Waals surface area contributed by atoms with Gasteiger partial charge in [0.15, 0.2) is 0 Å². The normalized spacial score (nSPS) is 22.7. The lowest BCUT2D eigenvalue weighted by molar-refractivity contribution is 0.00739. The summed E-state index contributed by atoms with van der Waals surface area (Å²) in [6.07, 6.45) is 0.410. The topological polar surface area (TPSA) is 110 Å². The first-order valence-corrected chi connectivity index (χ1v) is 7.14. The predicted molar refractivity (Wildman–Crippen MR) is 82.5 cm³/mol. The summed E-state index contributed by atoms with van der Waals surface area (Å²) in [5, 5.41) is 9.48. The van der Waals surface area contributed by atoms with Crippen molar-refractivity contribution in [3.63, 3.8) is 0 Å². The summed E-state index contributed by atoms with van der Waals surface area (Å²) in [7, 11) is 0. The molecule has 3 N–H and O–H groups in total. The van der Waals surface area contributed by atoms with Crippen LogP contribution in [0.3, 0.4) is 0 Å². The van der Waals surface area contributed by atoms with Crippen molar-refractivity contribution in [3.8, 4) is 0 Å². The molecule has 0 bridgehead atoms. The van der Waals surface area contributed by atoms with Gasteiger partial charge in [-0.2, -0.15) is 0 Å². The fourth-order valence-corrected chi connectivity index (χ4v) is 2.80. The molecule has 1 aromatic rings. The van der Waals surface area contributed by atoms with Gasteiger partial charge in [-0.15, -0.1) is 0 Å². The van der Waals surface area contributed by atoms with E-state index in [2.05, 4.69) is 9.97 Å². The molecule has 8 nitrogen and oxygen atoms in total. The molecular weight excluding hydrogens is 288 g/mol. The Hall–Kier alpha value is -2.25. The quantitative estimate of drug-likeness (QED) is 0.706. The number of piperazine rings is 1. The molecule has 0 unspecified atom stereocenters. The molecule has 22 heavy (non-hydrogen) atoms. The summed E-state index contributed by atoms with van der Waals surface area (Å²) < 4.78 is 0. The number of hydrogen-bond acceptors (Lipinski definition) is 4. The van der Waals surface area contributed by atoms with Gasteiger partial charge in [-0.1, -0.05) is 20.8 Å². The second-order valence-corrected chi connectivity index (χ2v) is 6.84. The van der Waals surface area contributed by atoms with Crippen LogP contribution in [0.15, 0.2) is 15.8 Å². The Morgan fingerprint density at radius 3 is 2.45 bits per heavy atom. The second-order valence-electron chi connectivity index (χ2n) is 6.84. The highest BCUT2D eigenvalue weighted by Gasteiger charge is 2.48. The van der Waals surface area contributed by atoms with Gasteiger partial charge in [-0.25, -0.2) is 9.59 Å². The number of nitrogens with zero attached hydrogens (tertiary/aromatic N) is 2. The van der Waals surface area contributed by atoms with Gasteiger partial charge >= 0.3 is 11.8 Å². The van der Waals surface area contributed by atoms with Crippen LogP contribution < -0.4 is 16.1 Å². The zero-order chi connectivity index (χ0) is 16.7.